The van der Waals surface area contributed by atoms with Gasteiger partial charge in [-0.3, -0.25) is 0 Å². The van der Waals surface area contributed by atoms with E-state index in [9.17, 15) is 0 Å². The minimum absolute atomic E-state index is 0.515. The smallest absolute Gasteiger partial charge is 0.0583 e. The standard InChI is InChI=1S/C10H18S2/c1-3-4-5-7-10(2)11-8-6-9-12-10/h3H,1,4-9H2,2H3. The highest BCUT2D eigenvalue weighted by Crippen LogP contribution is 2.45. The Labute approximate surface area is 84.6 Å². The molecule has 0 aromatic heterocycles. The molecule has 70 valence electrons. The Kier molecular flexibility index (Phi) is 4.59. The zero-order valence-electron chi connectivity index (χ0n) is 7.84. The first-order valence-corrected chi connectivity index (χ1v) is 6.63. The van der Waals surface area contributed by atoms with E-state index in [2.05, 4.69) is 37.0 Å². The second kappa shape index (κ2) is 5.23. The number of allylic oxidation sites excluding steroid dienone is 1. The van der Waals surface area contributed by atoms with Gasteiger partial charge in [-0.25, -0.2) is 0 Å². The van der Waals surface area contributed by atoms with Crippen LogP contribution in [0.2, 0.25) is 0 Å². The molecule has 1 aliphatic rings. The third-order valence-corrected chi connectivity index (χ3v) is 5.46. The minimum atomic E-state index is 0.515. The summed E-state index contributed by atoms with van der Waals surface area (Å²) in [5.74, 6) is 2.72. The highest BCUT2D eigenvalue weighted by molar-refractivity contribution is 8.18. The lowest BCUT2D eigenvalue weighted by atomic mass is 10.2. The molecule has 0 aromatic rings. The largest absolute Gasteiger partial charge is 0.144 e. The van der Waals surface area contributed by atoms with E-state index >= 15 is 0 Å². The Hall–Kier alpha value is 0.440. The van der Waals surface area contributed by atoms with Crippen molar-refractivity contribution in [3.8, 4) is 0 Å². The average molecular weight is 202 g/mol. The Bertz CT molecular complexity index is 137. The van der Waals surface area contributed by atoms with Crippen LogP contribution in [0.1, 0.15) is 32.6 Å². The van der Waals surface area contributed by atoms with Gasteiger partial charge in [-0.1, -0.05) is 6.08 Å². The summed E-state index contributed by atoms with van der Waals surface area (Å²) in [5, 5.41) is 0. The average Bonchev–Trinajstić information content (AvgIpc) is 2.06. The highest BCUT2D eigenvalue weighted by atomic mass is 32.2. The third kappa shape index (κ3) is 3.44. The first kappa shape index (κ1) is 10.5. The molecule has 1 heterocycles. The summed E-state index contributed by atoms with van der Waals surface area (Å²) in [7, 11) is 0. The van der Waals surface area contributed by atoms with Gasteiger partial charge in [0.15, 0.2) is 0 Å². The number of hydrogen-bond donors (Lipinski definition) is 0. The Morgan fingerprint density at radius 2 is 2.08 bits per heavy atom. The summed E-state index contributed by atoms with van der Waals surface area (Å²) in [5.41, 5.74) is 0. The van der Waals surface area contributed by atoms with Crippen LogP contribution in [0, 0.1) is 0 Å². The summed E-state index contributed by atoms with van der Waals surface area (Å²) in [4.78, 5) is 0. The van der Waals surface area contributed by atoms with E-state index in [4.69, 9.17) is 0 Å². The van der Waals surface area contributed by atoms with Gasteiger partial charge in [0.25, 0.3) is 0 Å². The lowest BCUT2D eigenvalue weighted by molar-refractivity contribution is 0.704. The summed E-state index contributed by atoms with van der Waals surface area (Å²) in [6.07, 6.45) is 7.25. The molecule has 1 rings (SSSR count). The molecule has 0 unspecified atom stereocenters. The first-order chi connectivity index (χ1) is 5.77. The molecule has 1 aliphatic heterocycles. The molecular formula is C10H18S2. The van der Waals surface area contributed by atoms with Crippen LogP contribution in [0.4, 0.5) is 0 Å². The molecule has 1 saturated heterocycles. The SMILES string of the molecule is C=CCCCC1(C)SCCCS1. The minimum Gasteiger partial charge on any atom is -0.144 e. The molecule has 0 saturated carbocycles. The van der Waals surface area contributed by atoms with Gasteiger partial charge in [0.05, 0.1) is 4.08 Å². The zero-order valence-corrected chi connectivity index (χ0v) is 9.48. The van der Waals surface area contributed by atoms with Gasteiger partial charge in [-0.2, -0.15) is 0 Å². The fraction of sp³-hybridized carbons (Fsp3) is 0.800. The van der Waals surface area contributed by atoms with Crippen LogP contribution in [0.3, 0.4) is 0 Å². The van der Waals surface area contributed by atoms with Gasteiger partial charge in [0, 0.05) is 0 Å². The van der Waals surface area contributed by atoms with Crippen LogP contribution in [0.15, 0.2) is 12.7 Å². The van der Waals surface area contributed by atoms with Crippen LogP contribution in [0.5, 0.6) is 0 Å². The van der Waals surface area contributed by atoms with E-state index in [-0.39, 0.29) is 0 Å². The van der Waals surface area contributed by atoms with Gasteiger partial charge in [0.2, 0.25) is 0 Å². The van der Waals surface area contributed by atoms with Crippen LogP contribution < -0.4 is 0 Å². The zero-order chi connectivity index (χ0) is 8.86. The number of unbranched alkanes of at least 4 members (excludes halogenated alkanes) is 1. The molecule has 2 heteroatoms. The second-order valence-electron chi connectivity index (χ2n) is 3.37. The Balaban J connectivity index is 2.21. The summed E-state index contributed by atoms with van der Waals surface area (Å²) in [6, 6.07) is 0. The lowest BCUT2D eigenvalue weighted by Crippen LogP contribution is -2.20. The number of thioether (sulfide) groups is 2. The van der Waals surface area contributed by atoms with E-state index in [1.165, 1.54) is 37.2 Å². The lowest BCUT2D eigenvalue weighted by Gasteiger charge is -2.32. The molecule has 12 heavy (non-hydrogen) atoms. The van der Waals surface area contributed by atoms with E-state index in [1.54, 1.807) is 0 Å². The van der Waals surface area contributed by atoms with Crippen molar-refractivity contribution in [1.82, 2.24) is 0 Å². The first-order valence-electron chi connectivity index (χ1n) is 4.66. The van der Waals surface area contributed by atoms with Gasteiger partial charge >= 0.3 is 0 Å². The van der Waals surface area contributed by atoms with E-state index in [1.807, 2.05) is 6.08 Å². The van der Waals surface area contributed by atoms with Crippen molar-refractivity contribution in [3.63, 3.8) is 0 Å². The fourth-order valence-electron chi connectivity index (χ4n) is 1.39. The molecule has 0 spiro atoms. The van der Waals surface area contributed by atoms with Crippen LogP contribution >= 0.6 is 23.5 Å². The number of rotatable bonds is 4. The predicted molar refractivity (Wildman–Crippen MR) is 62.0 cm³/mol. The maximum absolute atomic E-state index is 3.75. The maximum atomic E-state index is 3.75. The summed E-state index contributed by atoms with van der Waals surface area (Å²) >= 11 is 4.29. The highest BCUT2D eigenvalue weighted by Gasteiger charge is 2.27. The molecule has 0 atom stereocenters. The van der Waals surface area contributed by atoms with Crippen molar-refractivity contribution in [2.24, 2.45) is 0 Å². The van der Waals surface area contributed by atoms with Crippen molar-refractivity contribution < 1.29 is 0 Å². The summed E-state index contributed by atoms with van der Waals surface area (Å²) in [6.45, 7) is 6.15. The topological polar surface area (TPSA) is 0 Å². The van der Waals surface area contributed by atoms with Crippen molar-refractivity contribution in [2.75, 3.05) is 11.5 Å². The molecular weight excluding hydrogens is 184 g/mol. The van der Waals surface area contributed by atoms with Gasteiger partial charge in [-0.15, -0.1) is 30.1 Å². The van der Waals surface area contributed by atoms with Gasteiger partial charge < -0.3 is 0 Å². The van der Waals surface area contributed by atoms with E-state index in [0.29, 0.717) is 4.08 Å². The third-order valence-electron chi connectivity index (χ3n) is 2.14. The van der Waals surface area contributed by atoms with Gasteiger partial charge in [-0.05, 0) is 44.1 Å². The summed E-state index contributed by atoms with van der Waals surface area (Å²) < 4.78 is 0.515. The quantitative estimate of drug-likeness (QED) is 0.500. The van der Waals surface area contributed by atoms with Crippen LogP contribution in [0.25, 0.3) is 0 Å². The molecule has 0 N–H and O–H groups in total. The van der Waals surface area contributed by atoms with Crippen molar-refractivity contribution in [2.45, 2.75) is 36.7 Å². The van der Waals surface area contributed by atoms with Crippen LogP contribution in [-0.2, 0) is 0 Å². The van der Waals surface area contributed by atoms with Crippen molar-refractivity contribution >= 4 is 23.5 Å². The Morgan fingerprint density at radius 3 is 2.67 bits per heavy atom. The molecule has 1 fully saturated rings. The van der Waals surface area contributed by atoms with E-state index < -0.39 is 0 Å². The molecule has 0 aliphatic carbocycles. The van der Waals surface area contributed by atoms with Gasteiger partial charge in [0.1, 0.15) is 0 Å². The van der Waals surface area contributed by atoms with E-state index in [0.717, 1.165) is 0 Å². The second-order valence-corrected chi connectivity index (χ2v) is 6.82. The maximum Gasteiger partial charge on any atom is 0.0583 e. The fourth-order valence-corrected chi connectivity index (χ4v) is 4.42. The molecule has 0 nitrogen and oxygen atoms in total. The van der Waals surface area contributed by atoms with Crippen molar-refractivity contribution in [3.05, 3.63) is 12.7 Å². The Morgan fingerprint density at radius 1 is 1.42 bits per heavy atom. The van der Waals surface area contributed by atoms with Crippen LogP contribution in [-0.4, -0.2) is 15.6 Å². The molecule has 0 amide bonds. The molecule has 0 bridgehead atoms. The molecule has 0 radical (unpaired) electrons. The normalized spacial score (nSPS) is 22.1. The monoisotopic (exact) mass is 202 g/mol. The van der Waals surface area contributed by atoms with Crippen molar-refractivity contribution in [1.29, 1.82) is 0 Å². The predicted octanol–water partition coefficient (Wildman–Crippen LogP) is 3.93. The molecule has 0 aromatic carbocycles. The number of hydrogen-bond acceptors (Lipinski definition) is 2.